The average molecular weight is 320 g/mol. The van der Waals surface area contributed by atoms with Crippen LogP contribution in [0.25, 0.3) is 0 Å². The van der Waals surface area contributed by atoms with E-state index in [0.717, 1.165) is 12.0 Å². The standard InChI is InChI=1S/C12H17IO2/c1-4-11(13)8-6-7-10(3)9-12(14)15-5-2/h6-9H,4-5H2,1-3H3/b7-6+,10-9+,11-8-. The highest BCUT2D eigenvalue weighted by Crippen LogP contribution is 2.10. The normalized spacial score (nSPS) is 13.3. The highest BCUT2D eigenvalue weighted by Gasteiger charge is 1.94. The Balaban J connectivity index is 4.23. The van der Waals surface area contributed by atoms with Gasteiger partial charge in [-0.2, -0.15) is 0 Å². The van der Waals surface area contributed by atoms with Crippen LogP contribution in [0.1, 0.15) is 27.2 Å². The molecule has 15 heavy (non-hydrogen) atoms. The summed E-state index contributed by atoms with van der Waals surface area (Å²) in [5.74, 6) is -0.284. The summed E-state index contributed by atoms with van der Waals surface area (Å²) >= 11 is 2.29. The quantitative estimate of drug-likeness (QED) is 0.333. The molecule has 0 aromatic carbocycles. The molecule has 0 rings (SSSR count). The van der Waals surface area contributed by atoms with Crippen LogP contribution in [0.5, 0.6) is 0 Å². The molecular weight excluding hydrogens is 303 g/mol. The van der Waals surface area contributed by atoms with Crippen molar-refractivity contribution >= 4 is 28.6 Å². The fourth-order valence-electron chi connectivity index (χ4n) is 0.840. The first-order valence-corrected chi connectivity index (χ1v) is 6.05. The van der Waals surface area contributed by atoms with Gasteiger partial charge >= 0.3 is 5.97 Å². The summed E-state index contributed by atoms with van der Waals surface area (Å²) < 4.78 is 6.08. The lowest BCUT2D eigenvalue weighted by Gasteiger charge is -1.95. The lowest BCUT2D eigenvalue weighted by Crippen LogP contribution is -1.99. The molecule has 0 aromatic rings. The van der Waals surface area contributed by atoms with E-state index in [2.05, 4.69) is 29.5 Å². The topological polar surface area (TPSA) is 26.3 Å². The van der Waals surface area contributed by atoms with Crippen molar-refractivity contribution in [3.63, 3.8) is 0 Å². The SMILES string of the molecule is CCOC(=O)/C=C(C)/C=C/C=C(\I)CC. The molecule has 0 fully saturated rings. The van der Waals surface area contributed by atoms with Gasteiger partial charge in [-0.1, -0.05) is 25.2 Å². The maximum absolute atomic E-state index is 11.1. The monoisotopic (exact) mass is 320 g/mol. The third-order valence-corrected chi connectivity index (χ3v) is 2.73. The number of hydrogen-bond acceptors (Lipinski definition) is 2. The first kappa shape index (κ1) is 14.4. The number of rotatable bonds is 5. The molecule has 2 nitrogen and oxygen atoms in total. The second-order valence-electron chi connectivity index (χ2n) is 2.97. The van der Waals surface area contributed by atoms with E-state index < -0.39 is 0 Å². The van der Waals surface area contributed by atoms with Crippen molar-refractivity contribution in [1.29, 1.82) is 0 Å². The van der Waals surface area contributed by atoms with Gasteiger partial charge in [0.05, 0.1) is 6.61 Å². The van der Waals surface area contributed by atoms with Crippen LogP contribution in [0, 0.1) is 0 Å². The van der Waals surface area contributed by atoms with Crippen LogP contribution >= 0.6 is 22.6 Å². The van der Waals surface area contributed by atoms with Gasteiger partial charge in [0.15, 0.2) is 0 Å². The van der Waals surface area contributed by atoms with Crippen molar-refractivity contribution in [3.05, 3.63) is 33.5 Å². The van der Waals surface area contributed by atoms with Gasteiger partial charge in [-0.3, -0.25) is 0 Å². The summed E-state index contributed by atoms with van der Waals surface area (Å²) in [6.45, 7) is 6.19. The van der Waals surface area contributed by atoms with Crippen molar-refractivity contribution in [2.45, 2.75) is 27.2 Å². The Kier molecular flexibility index (Phi) is 8.37. The number of halogens is 1. The average Bonchev–Trinajstić information content (AvgIpc) is 2.17. The number of hydrogen-bond donors (Lipinski definition) is 0. The molecular formula is C12H17IO2. The molecule has 3 heteroatoms. The maximum Gasteiger partial charge on any atom is 0.330 e. The molecule has 0 bridgehead atoms. The second-order valence-corrected chi connectivity index (χ2v) is 4.35. The summed E-state index contributed by atoms with van der Waals surface area (Å²) in [4.78, 5) is 11.1. The zero-order valence-electron chi connectivity index (χ0n) is 9.42. The van der Waals surface area contributed by atoms with E-state index in [9.17, 15) is 4.79 Å². The lowest BCUT2D eigenvalue weighted by atomic mass is 10.2. The smallest absolute Gasteiger partial charge is 0.330 e. The summed E-state index contributed by atoms with van der Waals surface area (Å²) in [5, 5.41) is 0. The van der Waals surface area contributed by atoms with E-state index in [1.807, 2.05) is 25.2 Å². The molecule has 0 radical (unpaired) electrons. The third-order valence-electron chi connectivity index (χ3n) is 1.61. The number of ether oxygens (including phenoxy) is 1. The van der Waals surface area contributed by atoms with Gasteiger partial charge in [0.1, 0.15) is 0 Å². The van der Waals surface area contributed by atoms with E-state index >= 15 is 0 Å². The molecule has 0 heterocycles. The summed E-state index contributed by atoms with van der Waals surface area (Å²) in [6, 6.07) is 0. The summed E-state index contributed by atoms with van der Waals surface area (Å²) in [5.41, 5.74) is 0.894. The molecule has 0 unspecified atom stereocenters. The van der Waals surface area contributed by atoms with Gasteiger partial charge in [-0.15, -0.1) is 0 Å². The van der Waals surface area contributed by atoms with Crippen molar-refractivity contribution in [2.24, 2.45) is 0 Å². The van der Waals surface area contributed by atoms with E-state index in [1.54, 1.807) is 6.92 Å². The van der Waals surface area contributed by atoms with Crippen LogP contribution in [0.2, 0.25) is 0 Å². The minimum atomic E-state index is -0.284. The van der Waals surface area contributed by atoms with Gasteiger partial charge in [0, 0.05) is 6.08 Å². The van der Waals surface area contributed by atoms with Gasteiger partial charge in [-0.25, -0.2) is 4.79 Å². The minimum Gasteiger partial charge on any atom is -0.463 e. The molecule has 0 atom stereocenters. The van der Waals surface area contributed by atoms with E-state index in [0.29, 0.717) is 6.61 Å². The van der Waals surface area contributed by atoms with Crippen molar-refractivity contribution in [3.8, 4) is 0 Å². The lowest BCUT2D eigenvalue weighted by molar-refractivity contribution is -0.137. The highest BCUT2D eigenvalue weighted by atomic mass is 127. The predicted molar refractivity (Wildman–Crippen MR) is 71.9 cm³/mol. The molecule has 0 saturated carbocycles. The van der Waals surface area contributed by atoms with Crippen LogP contribution in [-0.4, -0.2) is 12.6 Å². The predicted octanol–water partition coefficient (Wildman–Crippen LogP) is 3.78. The Labute approximate surface area is 105 Å². The molecule has 84 valence electrons. The van der Waals surface area contributed by atoms with Crippen molar-refractivity contribution in [1.82, 2.24) is 0 Å². The molecule has 0 saturated heterocycles. The number of esters is 1. The van der Waals surface area contributed by atoms with Crippen LogP contribution < -0.4 is 0 Å². The van der Waals surface area contributed by atoms with E-state index in [-0.39, 0.29) is 5.97 Å². The number of carbonyl (C=O) groups is 1. The number of allylic oxidation sites excluding steroid dienone is 5. The molecule has 0 N–H and O–H groups in total. The maximum atomic E-state index is 11.1. The third kappa shape index (κ3) is 8.42. The largest absolute Gasteiger partial charge is 0.463 e. The Hall–Kier alpha value is -0.580. The Morgan fingerprint density at radius 3 is 2.60 bits per heavy atom. The van der Waals surface area contributed by atoms with Crippen molar-refractivity contribution in [2.75, 3.05) is 6.61 Å². The summed E-state index contributed by atoms with van der Waals surface area (Å²) in [7, 11) is 0. The fraction of sp³-hybridized carbons (Fsp3) is 0.417. The fourth-order valence-corrected chi connectivity index (χ4v) is 1.05. The van der Waals surface area contributed by atoms with Gasteiger partial charge < -0.3 is 4.74 Å². The minimum absolute atomic E-state index is 0.284. The second kappa shape index (κ2) is 8.71. The molecule has 0 amide bonds. The molecule has 0 aliphatic rings. The van der Waals surface area contributed by atoms with Crippen LogP contribution in [0.15, 0.2) is 33.5 Å². The number of carbonyl (C=O) groups excluding carboxylic acids is 1. The van der Waals surface area contributed by atoms with Crippen LogP contribution in [-0.2, 0) is 9.53 Å². The van der Waals surface area contributed by atoms with Gasteiger partial charge in [-0.05, 0) is 52.0 Å². The molecule has 0 aliphatic carbocycles. The van der Waals surface area contributed by atoms with E-state index in [1.165, 1.54) is 9.66 Å². The Morgan fingerprint density at radius 2 is 2.07 bits per heavy atom. The molecule has 0 aromatic heterocycles. The zero-order chi connectivity index (χ0) is 11.7. The zero-order valence-corrected chi connectivity index (χ0v) is 11.6. The van der Waals surface area contributed by atoms with Crippen LogP contribution in [0.3, 0.4) is 0 Å². The Bertz CT molecular complexity index is 288. The first-order chi connectivity index (χ1) is 7.10. The Morgan fingerprint density at radius 1 is 1.40 bits per heavy atom. The van der Waals surface area contributed by atoms with Crippen LogP contribution in [0.4, 0.5) is 0 Å². The molecule has 0 aliphatic heterocycles. The van der Waals surface area contributed by atoms with Crippen molar-refractivity contribution < 1.29 is 9.53 Å². The van der Waals surface area contributed by atoms with Gasteiger partial charge in [0.25, 0.3) is 0 Å². The highest BCUT2D eigenvalue weighted by molar-refractivity contribution is 14.1. The van der Waals surface area contributed by atoms with Gasteiger partial charge in [0.2, 0.25) is 0 Å². The van der Waals surface area contributed by atoms with E-state index in [4.69, 9.17) is 4.74 Å². The molecule has 0 spiro atoms. The summed E-state index contributed by atoms with van der Waals surface area (Å²) in [6.07, 6.45) is 8.39. The first-order valence-electron chi connectivity index (χ1n) is 4.98.